The van der Waals surface area contributed by atoms with Gasteiger partial charge < -0.3 is 14.2 Å². The lowest BCUT2D eigenvalue weighted by Crippen LogP contribution is -2.22. The van der Waals surface area contributed by atoms with Gasteiger partial charge in [-0.25, -0.2) is 9.38 Å². The monoisotopic (exact) mass is 380 g/mol. The Hall–Kier alpha value is -3.06. The van der Waals surface area contributed by atoms with Crippen molar-refractivity contribution in [3.05, 3.63) is 55.8 Å². The molecule has 0 fully saturated rings. The predicted octanol–water partition coefficient (Wildman–Crippen LogP) is 2.81. The summed E-state index contributed by atoms with van der Waals surface area (Å²) in [6.45, 7) is 4.25. The first-order valence-corrected chi connectivity index (χ1v) is 9.28. The number of nitrogens with zero attached hydrogens (tertiary/aromatic N) is 2. The Morgan fingerprint density at radius 3 is 2.81 bits per heavy atom. The van der Waals surface area contributed by atoms with Crippen LogP contribution in [0.3, 0.4) is 0 Å². The van der Waals surface area contributed by atoms with Gasteiger partial charge in [-0.05, 0) is 60.9 Å². The van der Waals surface area contributed by atoms with Gasteiger partial charge in [0.25, 0.3) is 5.56 Å². The average Bonchev–Trinajstić information content (AvgIpc) is 3.31. The highest BCUT2D eigenvalue weighted by molar-refractivity contribution is 7.15. The van der Waals surface area contributed by atoms with E-state index in [0.717, 1.165) is 22.2 Å². The van der Waals surface area contributed by atoms with Gasteiger partial charge in [-0.2, -0.15) is 0 Å². The highest BCUT2D eigenvalue weighted by atomic mass is 32.1. The summed E-state index contributed by atoms with van der Waals surface area (Å²) in [5, 5.41) is 0. The number of rotatable bonds is 2. The van der Waals surface area contributed by atoms with Crippen LogP contribution in [0.5, 0.6) is 17.2 Å². The SMILES string of the molecule is COc1cc(/C=c2\sc3nc4cc(C)c(C)cc4n3c2=O)cc2c1OCO2. The molecular formula is C20H16N2O4S. The van der Waals surface area contributed by atoms with E-state index in [-0.39, 0.29) is 12.4 Å². The number of hydrogen-bond acceptors (Lipinski definition) is 6. The molecule has 0 N–H and O–H groups in total. The van der Waals surface area contributed by atoms with E-state index in [2.05, 4.69) is 4.98 Å². The average molecular weight is 380 g/mol. The number of ether oxygens (including phenoxy) is 3. The van der Waals surface area contributed by atoms with Crippen LogP contribution in [-0.4, -0.2) is 23.3 Å². The maximum absolute atomic E-state index is 13.0. The van der Waals surface area contributed by atoms with Gasteiger partial charge in [0.2, 0.25) is 12.5 Å². The van der Waals surface area contributed by atoms with Crippen molar-refractivity contribution < 1.29 is 14.2 Å². The van der Waals surface area contributed by atoms with Crippen molar-refractivity contribution in [2.45, 2.75) is 13.8 Å². The number of imidazole rings is 1. The van der Waals surface area contributed by atoms with Gasteiger partial charge in [-0.3, -0.25) is 4.79 Å². The molecule has 4 aromatic rings. The summed E-state index contributed by atoms with van der Waals surface area (Å²) in [6, 6.07) is 7.72. The number of thiazole rings is 1. The van der Waals surface area contributed by atoms with E-state index >= 15 is 0 Å². The smallest absolute Gasteiger partial charge is 0.274 e. The van der Waals surface area contributed by atoms with Crippen molar-refractivity contribution in [2.24, 2.45) is 0 Å². The van der Waals surface area contributed by atoms with Crippen molar-refractivity contribution in [1.29, 1.82) is 0 Å². The zero-order valence-corrected chi connectivity index (χ0v) is 15.8. The van der Waals surface area contributed by atoms with Gasteiger partial charge in [-0.1, -0.05) is 11.3 Å². The third-order valence-corrected chi connectivity index (χ3v) is 5.80. The van der Waals surface area contributed by atoms with Gasteiger partial charge in [0.15, 0.2) is 16.5 Å². The lowest BCUT2D eigenvalue weighted by atomic mass is 10.1. The quantitative estimate of drug-likeness (QED) is 0.535. The molecule has 136 valence electrons. The van der Waals surface area contributed by atoms with Crippen molar-refractivity contribution in [3.63, 3.8) is 0 Å². The number of aryl methyl sites for hydroxylation is 2. The molecule has 1 aliphatic heterocycles. The fraction of sp³-hybridized carbons (Fsp3) is 0.200. The van der Waals surface area contributed by atoms with Crippen molar-refractivity contribution in [1.82, 2.24) is 9.38 Å². The second kappa shape index (κ2) is 5.72. The van der Waals surface area contributed by atoms with Crippen LogP contribution in [0.1, 0.15) is 16.7 Å². The van der Waals surface area contributed by atoms with Crippen LogP contribution in [-0.2, 0) is 0 Å². The molecule has 0 atom stereocenters. The fourth-order valence-electron chi connectivity index (χ4n) is 3.30. The van der Waals surface area contributed by atoms with E-state index in [1.54, 1.807) is 11.5 Å². The van der Waals surface area contributed by atoms with Crippen LogP contribution in [0.25, 0.3) is 22.1 Å². The van der Waals surface area contributed by atoms with Gasteiger partial charge in [0.05, 0.1) is 22.7 Å². The maximum Gasteiger partial charge on any atom is 0.274 e. The summed E-state index contributed by atoms with van der Waals surface area (Å²) in [4.78, 5) is 18.3. The van der Waals surface area contributed by atoms with Crippen LogP contribution in [0.4, 0.5) is 0 Å². The molecule has 2 aromatic heterocycles. The molecule has 0 bridgehead atoms. The van der Waals surface area contributed by atoms with Gasteiger partial charge in [0.1, 0.15) is 0 Å². The number of fused-ring (bicyclic) bond motifs is 4. The summed E-state index contributed by atoms with van der Waals surface area (Å²) in [5.41, 5.74) is 4.74. The van der Waals surface area contributed by atoms with Crippen LogP contribution in [0.15, 0.2) is 29.1 Å². The Morgan fingerprint density at radius 1 is 1.19 bits per heavy atom. The fourth-order valence-corrected chi connectivity index (χ4v) is 4.29. The molecule has 0 spiro atoms. The third kappa shape index (κ3) is 2.39. The topological polar surface area (TPSA) is 62.1 Å². The Bertz CT molecular complexity index is 1340. The molecule has 7 heteroatoms. The Balaban J connectivity index is 1.73. The van der Waals surface area contributed by atoms with Crippen LogP contribution in [0.2, 0.25) is 0 Å². The van der Waals surface area contributed by atoms with E-state index in [0.29, 0.717) is 26.7 Å². The van der Waals surface area contributed by atoms with E-state index in [4.69, 9.17) is 14.2 Å². The number of methoxy groups -OCH3 is 1. The van der Waals surface area contributed by atoms with E-state index < -0.39 is 0 Å². The highest BCUT2D eigenvalue weighted by Crippen LogP contribution is 2.41. The zero-order valence-electron chi connectivity index (χ0n) is 15.0. The molecule has 6 nitrogen and oxygen atoms in total. The molecule has 0 aliphatic carbocycles. The molecule has 0 unspecified atom stereocenters. The summed E-state index contributed by atoms with van der Waals surface area (Å²) >= 11 is 1.37. The minimum Gasteiger partial charge on any atom is -0.493 e. The van der Waals surface area contributed by atoms with Gasteiger partial charge in [0, 0.05) is 0 Å². The molecule has 27 heavy (non-hydrogen) atoms. The third-order valence-electron chi connectivity index (χ3n) is 4.83. The Labute approximate surface area is 158 Å². The highest BCUT2D eigenvalue weighted by Gasteiger charge is 2.20. The Morgan fingerprint density at radius 2 is 2.00 bits per heavy atom. The molecule has 0 amide bonds. The minimum absolute atomic E-state index is 0.0719. The van der Waals surface area contributed by atoms with Crippen molar-refractivity contribution >= 4 is 33.4 Å². The Kier molecular flexibility index (Phi) is 3.42. The molecule has 0 radical (unpaired) electrons. The number of benzene rings is 2. The minimum atomic E-state index is -0.0719. The molecule has 0 saturated carbocycles. The van der Waals surface area contributed by atoms with Crippen LogP contribution in [0, 0.1) is 13.8 Å². The normalized spacial score (nSPS) is 13.8. The van der Waals surface area contributed by atoms with Gasteiger partial charge >= 0.3 is 0 Å². The summed E-state index contributed by atoms with van der Waals surface area (Å²) in [5.74, 6) is 1.79. The molecular weight excluding hydrogens is 364 g/mol. The zero-order chi connectivity index (χ0) is 18.7. The first-order valence-electron chi connectivity index (χ1n) is 8.47. The standard InChI is InChI=1S/C20H16N2O4S/c1-10-4-13-14(5-11(10)2)22-19(23)17(27-20(22)21-13)8-12-6-15(24-3)18-16(7-12)25-9-26-18/h4-8H,9H2,1-3H3/b17-8-. The van der Waals surface area contributed by atoms with Crippen LogP contribution < -0.4 is 24.3 Å². The first kappa shape index (κ1) is 16.1. The summed E-state index contributed by atoms with van der Waals surface area (Å²) in [6.07, 6.45) is 1.83. The van der Waals surface area contributed by atoms with E-state index in [1.807, 2.05) is 44.2 Å². The maximum atomic E-state index is 13.0. The molecule has 2 aromatic carbocycles. The second-order valence-corrected chi connectivity index (χ2v) is 7.54. The predicted molar refractivity (Wildman–Crippen MR) is 104 cm³/mol. The number of aromatic nitrogens is 2. The van der Waals surface area contributed by atoms with Crippen molar-refractivity contribution in [3.8, 4) is 17.2 Å². The lowest BCUT2D eigenvalue weighted by molar-refractivity contribution is 0.171. The molecule has 5 rings (SSSR count). The molecule has 0 saturated heterocycles. The number of hydrogen-bond donors (Lipinski definition) is 0. The lowest BCUT2D eigenvalue weighted by Gasteiger charge is -2.05. The van der Waals surface area contributed by atoms with E-state index in [1.165, 1.54) is 16.9 Å². The first-order chi connectivity index (χ1) is 13.0. The molecule has 1 aliphatic rings. The van der Waals surface area contributed by atoms with Crippen LogP contribution >= 0.6 is 11.3 Å². The largest absolute Gasteiger partial charge is 0.493 e. The summed E-state index contributed by atoms with van der Waals surface area (Å²) < 4.78 is 18.5. The van der Waals surface area contributed by atoms with E-state index in [9.17, 15) is 4.79 Å². The summed E-state index contributed by atoms with van der Waals surface area (Å²) in [7, 11) is 1.58. The van der Waals surface area contributed by atoms with Crippen molar-refractivity contribution in [2.75, 3.05) is 13.9 Å². The molecule has 3 heterocycles. The van der Waals surface area contributed by atoms with Gasteiger partial charge in [-0.15, -0.1) is 0 Å². The second-order valence-electron chi connectivity index (χ2n) is 6.53.